The van der Waals surface area contributed by atoms with Crippen molar-refractivity contribution >= 4 is 29.1 Å². The first kappa shape index (κ1) is 22.0. The Balaban J connectivity index is 1.93. The van der Waals surface area contributed by atoms with Crippen molar-refractivity contribution in [2.24, 2.45) is 0 Å². The van der Waals surface area contributed by atoms with E-state index in [2.05, 4.69) is 10.3 Å². The number of aliphatic hydroxyl groups is 1. The molecule has 6 nitrogen and oxygen atoms in total. The molecule has 0 spiro atoms. The number of benzene rings is 2. The topological polar surface area (TPSA) is 84.2 Å². The lowest BCUT2D eigenvalue weighted by molar-refractivity contribution is -0.121. The lowest BCUT2D eigenvalue weighted by Crippen LogP contribution is -2.35. The average molecular weight is 446 g/mol. The van der Waals surface area contributed by atoms with E-state index in [4.69, 9.17) is 23.2 Å². The molecule has 0 unspecified atom stereocenters. The summed E-state index contributed by atoms with van der Waals surface area (Å²) in [4.78, 5) is 30.3. The number of nitrogens with zero attached hydrogens (tertiary/aromatic N) is 2. The fourth-order valence-electron chi connectivity index (χ4n) is 3.10. The maximum Gasteiger partial charge on any atom is 0.257 e. The van der Waals surface area contributed by atoms with Crippen molar-refractivity contribution in [2.45, 2.75) is 26.4 Å². The summed E-state index contributed by atoms with van der Waals surface area (Å²) in [7, 11) is 0. The molecule has 0 aliphatic carbocycles. The number of hydrogen-bond donors (Lipinski definition) is 2. The quantitative estimate of drug-likeness (QED) is 0.583. The minimum Gasteiger partial charge on any atom is -0.396 e. The van der Waals surface area contributed by atoms with E-state index in [1.54, 1.807) is 37.3 Å². The van der Waals surface area contributed by atoms with Crippen LogP contribution >= 0.6 is 23.2 Å². The predicted molar refractivity (Wildman–Crippen MR) is 118 cm³/mol. The maximum absolute atomic E-state index is 13.1. The Bertz CT molecular complexity index is 1110. The summed E-state index contributed by atoms with van der Waals surface area (Å²) in [5.41, 5.74) is 1.99. The van der Waals surface area contributed by atoms with Crippen molar-refractivity contribution in [1.29, 1.82) is 0 Å². The van der Waals surface area contributed by atoms with Crippen LogP contribution in [0.1, 0.15) is 16.8 Å². The molecule has 1 heterocycles. The van der Waals surface area contributed by atoms with E-state index >= 15 is 0 Å². The molecule has 30 heavy (non-hydrogen) atoms. The van der Waals surface area contributed by atoms with Crippen LogP contribution in [0.2, 0.25) is 10.0 Å². The summed E-state index contributed by atoms with van der Waals surface area (Å²) < 4.78 is 1.32. The summed E-state index contributed by atoms with van der Waals surface area (Å²) >= 11 is 12.1. The second kappa shape index (κ2) is 9.89. The molecule has 0 saturated carbocycles. The average Bonchev–Trinajstić information content (AvgIpc) is 2.73. The third-order valence-electron chi connectivity index (χ3n) is 4.67. The van der Waals surface area contributed by atoms with Gasteiger partial charge in [-0.3, -0.25) is 14.2 Å². The zero-order valence-corrected chi connectivity index (χ0v) is 17.9. The molecular weight excluding hydrogens is 425 g/mol. The number of carbonyl (C=O) groups excluding carboxylic acids is 1. The fourth-order valence-corrected chi connectivity index (χ4v) is 3.43. The molecule has 0 aliphatic heterocycles. The molecule has 8 heteroatoms. The number of aromatic nitrogens is 2. The van der Waals surface area contributed by atoms with Gasteiger partial charge in [0.1, 0.15) is 12.4 Å². The van der Waals surface area contributed by atoms with Crippen LogP contribution in [0.25, 0.3) is 11.4 Å². The molecule has 0 saturated heterocycles. The Labute approximate surface area is 184 Å². The SMILES string of the molecule is Cc1nc(-c2ccc(Cl)cc2)n(CC(=O)NCc2ccccc2Cl)c(=O)c1CCO. The molecule has 156 valence electrons. The van der Waals surface area contributed by atoms with Gasteiger partial charge < -0.3 is 10.4 Å². The van der Waals surface area contributed by atoms with Crippen molar-refractivity contribution in [2.75, 3.05) is 6.61 Å². The van der Waals surface area contributed by atoms with E-state index in [-0.39, 0.29) is 37.6 Å². The van der Waals surface area contributed by atoms with Gasteiger partial charge in [0.15, 0.2) is 0 Å². The molecule has 1 amide bonds. The molecule has 1 aromatic heterocycles. The molecule has 0 aliphatic rings. The molecule has 2 aromatic carbocycles. The maximum atomic E-state index is 13.1. The smallest absolute Gasteiger partial charge is 0.257 e. The van der Waals surface area contributed by atoms with E-state index < -0.39 is 0 Å². The predicted octanol–water partition coefficient (Wildman–Crippen LogP) is 3.38. The number of halogens is 2. The second-order valence-electron chi connectivity index (χ2n) is 6.74. The molecule has 3 aromatic rings. The standard InChI is InChI=1S/C22H21Cl2N3O3/c1-14-18(10-11-28)22(30)27(21(26-14)15-6-8-17(23)9-7-15)13-20(29)25-12-16-4-2-3-5-19(16)24/h2-9,28H,10-13H2,1H3,(H,25,29). The van der Waals surface area contributed by atoms with Crippen molar-refractivity contribution in [3.8, 4) is 11.4 Å². The Morgan fingerprint density at radius 3 is 2.50 bits per heavy atom. The third kappa shape index (κ3) is 5.08. The van der Waals surface area contributed by atoms with Crippen LogP contribution < -0.4 is 10.9 Å². The Morgan fingerprint density at radius 1 is 1.13 bits per heavy atom. The summed E-state index contributed by atoms with van der Waals surface area (Å²) in [5.74, 6) is 0.0107. The van der Waals surface area contributed by atoms with Gasteiger partial charge in [0, 0.05) is 46.4 Å². The first-order valence-corrected chi connectivity index (χ1v) is 10.1. The normalized spacial score (nSPS) is 10.8. The van der Waals surface area contributed by atoms with E-state index in [1.807, 2.05) is 18.2 Å². The van der Waals surface area contributed by atoms with Gasteiger partial charge in [0.25, 0.3) is 5.56 Å². The van der Waals surface area contributed by atoms with Gasteiger partial charge in [0.2, 0.25) is 5.91 Å². The highest BCUT2D eigenvalue weighted by Gasteiger charge is 2.17. The highest BCUT2D eigenvalue weighted by Crippen LogP contribution is 2.20. The number of aliphatic hydroxyl groups excluding tert-OH is 1. The molecular formula is C22H21Cl2N3O3. The second-order valence-corrected chi connectivity index (χ2v) is 7.58. The van der Waals surface area contributed by atoms with Crippen molar-refractivity contribution in [3.63, 3.8) is 0 Å². The fraction of sp³-hybridized carbons (Fsp3) is 0.227. The summed E-state index contributed by atoms with van der Waals surface area (Å²) in [6.07, 6.45) is 0.166. The van der Waals surface area contributed by atoms with Crippen LogP contribution in [0, 0.1) is 6.92 Å². The van der Waals surface area contributed by atoms with Gasteiger partial charge in [-0.15, -0.1) is 0 Å². The van der Waals surface area contributed by atoms with Crippen LogP contribution in [-0.2, 0) is 24.3 Å². The number of aryl methyl sites for hydroxylation is 1. The van der Waals surface area contributed by atoms with E-state index in [0.29, 0.717) is 32.7 Å². The zero-order chi connectivity index (χ0) is 21.7. The lowest BCUT2D eigenvalue weighted by atomic mass is 10.1. The molecule has 3 rings (SSSR count). The number of hydrogen-bond acceptors (Lipinski definition) is 4. The monoisotopic (exact) mass is 445 g/mol. The van der Waals surface area contributed by atoms with Gasteiger partial charge in [-0.2, -0.15) is 0 Å². The van der Waals surface area contributed by atoms with E-state index in [0.717, 1.165) is 5.56 Å². The van der Waals surface area contributed by atoms with E-state index in [1.165, 1.54) is 4.57 Å². The molecule has 0 atom stereocenters. The van der Waals surface area contributed by atoms with Crippen LogP contribution in [0.5, 0.6) is 0 Å². The number of nitrogens with one attached hydrogen (secondary N) is 1. The molecule has 0 fully saturated rings. The van der Waals surface area contributed by atoms with Gasteiger partial charge in [-0.05, 0) is 42.8 Å². The van der Waals surface area contributed by atoms with Gasteiger partial charge >= 0.3 is 0 Å². The highest BCUT2D eigenvalue weighted by atomic mass is 35.5. The highest BCUT2D eigenvalue weighted by molar-refractivity contribution is 6.31. The number of rotatable bonds is 7. The zero-order valence-electron chi connectivity index (χ0n) is 16.4. The Hall–Kier alpha value is -2.67. The number of amides is 1. The van der Waals surface area contributed by atoms with Crippen LogP contribution in [0.15, 0.2) is 53.3 Å². The minimum absolute atomic E-state index is 0.166. The summed E-state index contributed by atoms with van der Waals surface area (Å²) in [6.45, 7) is 1.56. The van der Waals surface area contributed by atoms with Crippen LogP contribution in [0.3, 0.4) is 0 Å². The Morgan fingerprint density at radius 2 is 1.83 bits per heavy atom. The minimum atomic E-state index is -0.354. The van der Waals surface area contributed by atoms with Crippen LogP contribution in [0.4, 0.5) is 0 Å². The van der Waals surface area contributed by atoms with Gasteiger partial charge in [0.05, 0.1) is 0 Å². The van der Waals surface area contributed by atoms with E-state index in [9.17, 15) is 14.7 Å². The van der Waals surface area contributed by atoms with Crippen molar-refractivity contribution in [1.82, 2.24) is 14.9 Å². The Kier molecular flexibility index (Phi) is 7.26. The third-order valence-corrected chi connectivity index (χ3v) is 5.29. The summed E-state index contributed by atoms with van der Waals surface area (Å²) in [5, 5.41) is 13.2. The van der Waals surface area contributed by atoms with Crippen molar-refractivity contribution in [3.05, 3.63) is 85.8 Å². The molecule has 2 N–H and O–H groups in total. The molecule has 0 bridgehead atoms. The largest absolute Gasteiger partial charge is 0.396 e. The first-order valence-electron chi connectivity index (χ1n) is 9.38. The first-order chi connectivity index (χ1) is 14.4. The lowest BCUT2D eigenvalue weighted by Gasteiger charge is -2.16. The van der Waals surface area contributed by atoms with Crippen molar-refractivity contribution < 1.29 is 9.90 Å². The van der Waals surface area contributed by atoms with Gasteiger partial charge in [-0.25, -0.2) is 4.98 Å². The number of carbonyl (C=O) groups is 1. The van der Waals surface area contributed by atoms with Gasteiger partial charge in [-0.1, -0.05) is 41.4 Å². The van der Waals surface area contributed by atoms with Crippen LogP contribution in [-0.4, -0.2) is 27.2 Å². The summed E-state index contributed by atoms with van der Waals surface area (Å²) in [6, 6.07) is 14.1. The molecule has 0 radical (unpaired) electrons.